The molecule has 0 amide bonds. The van der Waals surface area contributed by atoms with Crippen molar-refractivity contribution in [2.45, 2.75) is 36.2 Å². The largest absolute Gasteiger partial charge is 0.497 e. The molecule has 4 aromatic carbocycles. The van der Waals surface area contributed by atoms with Gasteiger partial charge in [0.2, 0.25) is 5.72 Å². The summed E-state index contributed by atoms with van der Waals surface area (Å²) in [6.07, 6.45) is -1.19. The Morgan fingerprint density at radius 2 is 1.46 bits per heavy atom. The fourth-order valence-corrected chi connectivity index (χ4v) is 6.41. The van der Waals surface area contributed by atoms with Gasteiger partial charge in [0.15, 0.2) is 6.10 Å². The number of hydrogen-bond donors (Lipinski definition) is 1. The maximum atomic E-state index is 12.2. The summed E-state index contributed by atoms with van der Waals surface area (Å²) in [4.78, 5) is 16.3. The molecule has 3 heterocycles. The first-order valence-corrected chi connectivity index (χ1v) is 15.2. The van der Waals surface area contributed by atoms with Gasteiger partial charge in [0.1, 0.15) is 30.2 Å². The zero-order chi connectivity index (χ0) is 31.6. The van der Waals surface area contributed by atoms with Crippen molar-refractivity contribution in [1.82, 2.24) is 9.55 Å². The fourth-order valence-electron chi connectivity index (χ4n) is 6.41. The minimum absolute atomic E-state index is 0.0540. The highest BCUT2D eigenvalue weighted by atomic mass is 16.7. The van der Waals surface area contributed by atoms with E-state index in [1.54, 1.807) is 17.9 Å². The molecule has 4 atom stereocenters. The average Bonchev–Trinajstić information content (AvgIpc) is 3.56. The van der Waals surface area contributed by atoms with E-state index in [0.29, 0.717) is 12.4 Å². The lowest BCUT2D eigenvalue weighted by atomic mass is 9.80. The number of benzene rings is 4. The van der Waals surface area contributed by atoms with Crippen LogP contribution in [0.1, 0.15) is 22.3 Å². The van der Waals surface area contributed by atoms with Crippen LogP contribution in [-0.4, -0.2) is 53.3 Å². The van der Waals surface area contributed by atoms with Gasteiger partial charge in [-0.3, -0.25) is 9.36 Å². The summed E-state index contributed by atoms with van der Waals surface area (Å²) >= 11 is 0. The fraction of sp³-hybridized carbons (Fsp3) is 0.243. The minimum Gasteiger partial charge on any atom is -0.497 e. The van der Waals surface area contributed by atoms with E-state index >= 15 is 0 Å². The van der Waals surface area contributed by atoms with Crippen LogP contribution in [0.25, 0.3) is 0 Å². The number of fused-ring (bicyclic) bond motifs is 3. The number of nitrogens with zero attached hydrogens (tertiary/aromatic N) is 2. The van der Waals surface area contributed by atoms with Crippen molar-refractivity contribution in [3.05, 3.63) is 160 Å². The molecular weight excluding hydrogens is 584 g/mol. The van der Waals surface area contributed by atoms with Crippen LogP contribution < -0.4 is 15.0 Å². The third kappa shape index (κ3) is 5.27. The van der Waals surface area contributed by atoms with Crippen LogP contribution in [0.2, 0.25) is 0 Å². The third-order valence-corrected chi connectivity index (χ3v) is 8.66. The lowest BCUT2D eigenvalue weighted by Crippen LogP contribution is -2.49. The summed E-state index contributed by atoms with van der Waals surface area (Å²) in [7, 11) is 1.63. The molecule has 0 radical (unpaired) electrons. The van der Waals surface area contributed by atoms with Gasteiger partial charge < -0.3 is 28.8 Å². The molecule has 0 saturated carbocycles. The number of aliphatic hydroxyl groups is 1. The van der Waals surface area contributed by atoms with Crippen LogP contribution >= 0.6 is 0 Å². The SMILES string of the molecule is COc1ccc(C(OC[C@@]23O[C@H](COCc4ccccc4)[C@@H](O)[C@@H]2Oc2nc(=O)ccn23)(c2ccccc2)c2ccccc2)cc1. The molecule has 0 bridgehead atoms. The Hall–Kier alpha value is -4.80. The monoisotopic (exact) mass is 618 g/mol. The third-order valence-electron chi connectivity index (χ3n) is 8.66. The first-order valence-electron chi connectivity index (χ1n) is 15.2. The van der Waals surface area contributed by atoms with Crippen molar-refractivity contribution in [3.8, 4) is 11.8 Å². The Kier molecular flexibility index (Phi) is 8.14. The van der Waals surface area contributed by atoms with Crippen molar-refractivity contribution in [2.24, 2.45) is 0 Å². The number of hydrogen-bond acceptors (Lipinski definition) is 8. The number of rotatable bonds is 11. The van der Waals surface area contributed by atoms with E-state index < -0.39 is 35.2 Å². The molecule has 1 aromatic heterocycles. The van der Waals surface area contributed by atoms with Gasteiger partial charge in [-0.2, -0.15) is 4.98 Å². The first kappa shape index (κ1) is 29.9. The van der Waals surface area contributed by atoms with E-state index in [-0.39, 0.29) is 19.2 Å². The van der Waals surface area contributed by atoms with Crippen LogP contribution in [0.5, 0.6) is 11.8 Å². The quantitative estimate of drug-likeness (QED) is 0.214. The molecule has 9 heteroatoms. The maximum Gasteiger partial charge on any atom is 0.302 e. The molecule has 2 aliphatic heterocycles. The molecule has 2 aliphatic rings. The second-order valence-electron chi connectivity index (χ2n) is 11.4. The van der Waals surface area contributed by atoms with Gasteiger partial charge >= 0.3 is 6.01 Å². The van der Waals surface area contributed by atoms with Gasteiger partial charge in [0, 0.05) is 12.3 Å². The molecule has 5 aromatic rings. The summed E-state index contributed by atoms with van der Waals surface area (Å²) < 4.78 is 33.2. The number of methoxy groups -OCH3 is 1. The number of aromatic nitrogens is 2. The zero-order valence-corrected chi connectivity index (χ0v) is 25.3. The number of ether oxygens (including phenoxy) is 5. The van der Waals surface area contributed by atoms with Gasteiger partial charge in [0.25, 0.3) is 5.56 Å². The van der Waals surface area contributed by atoms with Gasteiger partial charge in [-0.05, 0) is 34.4 Å². The van der Waals surface area contributed by atoms with E-state index in [1.165, 1.54) is 6.07 Å². The summed E-state index contributed by atoms with van der Waals surface area (Å²) in [5.74, 6) is 0.714. The molecule has 1 saturated heterocycles. The van der Waals surface area contributed by atoms with E-state index in [2.05, 4.69) is 4.98 Å². The maximum absolute atomic E-state index is 12.2. The first-order chi connectivity index (χ1) is 22.5. The van der Waals surface area contributed by atoms with E-state index in [9.17, 15) is 9.90 Å². The lowest BCUT2D eigenvalue weighted by molar-refractivity contribution is -0.180. The van der Waals surface area contributed by atoms with Crippen molar-refractivity contribution in [2.75, 3.05) is 20.3 Å². The van der Waals surface area contributed by atoms with Crippen LogP contribution in [0.3, 0.4) is 0 Å². The minimum atomic E-state index is -1.36. The van der Waals surface area contributed by atoms with Gasteiger partial charge in [-0.15, -0.1) is 0 Å². The normalized spacial score (nSPS) is 21.7. The summed E-state index contributed by atoms with van der Waals surface area (Å²) in [5, 5.41) is 11.6. The Bertz CT molecular complexity index is 1780. The molecule has 7 rings (SSSR count). The highest BCUT2D eigenvalue weighted by Crippen LogP contribution is 2.48. The van der Waals surface area contributed by atoms with Crippen LogP contribution in [-0.2, 0) is 32.1 Å². The summed E-state index contributed by atoms with van der Waals surface area (Å²) in [6, 6.07) is 38.9. The number of aliphatic hydroxyl groups excluding tert-OH is 1. The smallest absolute Gasteiger partial charge is 0.302 e. The molecule has 1 N–H and O–H groups in total. The topological polar surface area (TPSA) is 101 Å². The Balaban J connectivity index is 1.29. The summed E-state index contributed by atoms with van der Waals surface area (Å²) in [5.41, 5.74) is 0.705. The van der Waals surface area contributed by atoms with Crippen molar-refractivity contribution in [1.29, 1.82) is 0 Å². The van der Waals surface area contributed by atoms with Crippen molar-refractivity contribution >= 4 is 0 Å². The molecule has 46 heavy (non-hydrogen) atoms. The lowest BCUT2D eigenvalue weighted by Gasteiger charge is -2.39. The van der Waals surface area contributed by atoms with E-state index in [0.717, 1.165) is 22.3 Å². The highest BCUT2D eigenvalue weighted by molar-refractivity contribution is 5.48. The predicted molar refractivity (Wildman–Crippen MR) is 170 cm³/mol. The standard InChI is InChI=1S/C37H34N2O7/c1-42-30-19-17-29(18-20-30)37(27-13-7-3-8-14-27,28-15-9-4-10-16-28)44-25-36-34(45-35-38-32(40)21-22-39(35)36)33(41)31(46-36)24-43-23-26-11-5-2-6-12-26/h2-22,31,33-34,41H,23-25H2,1H3/t31-,33-,34+,36-/m1/s1. The Morgan fingerprint density at radius 1 is 0.848 bits per heavy atom. The van der Waals surface area contributed by atoms with Crippen LogP contribution in [0.4, 0.5) is 0 Å². The van der Waals surface area contributed by atoms with Gasteiger partial charge in [-0.1, -0.05) is 103 Å². The van der Waals surface area contributed by atoms with E-state index in [4.69, 9.17) is 23.7 Å². The second-order valence-corrected chi connectivity index (χ2v) is 11.4. The Morgan fingerprint density at radius 3 is 2.09 bits per heavy atom. The van der Waals surface area contributed by atoms with Gasteiger partial charge in [0.05, 0.1) is 20.3 Å². The van der Waals surface area contributed by atoms with E-state index in [1.807, 2.05) is 115 Å². The molecule has 1 fully saturated rings. The summed E-state index contributed by atoms with van der Waals surface area (Å²) in [6.45, 7) is 0.398. The molecular formula is C37H34N2O7. The van der Waals surface area contributed by atoms with Crippen LogP contribution in [0.15, 0.2) is 132 Å². The van der Waals surface area contributed by atoms with Crippen molar-refractivity contribution < 1.29 is 28.8 Å². The molecule has 9 nitrogen and oxygen atoms in total. The molecule has 0 aliphatic carbocycles. The van der Waals surface area contributed by atoms with Gasteiger partial charge in [-0.25, -0.2) is 0 Å². The highest BCUT2D eigenvalue weighted by Gasteiger charge is 2.63. The Labute approximate surface area is 266 Å². The molecule has 0 unspecified atom stereocenters. The second kappa shape index (κ2) is 12.5. The zero-order valence-electron chi connectivity index (χ0n) is 25.3. The predicted octanol–water partition coefficient (Wildman–Crippen LogP) is 4.65. The average molecular weight is 619 g/mol. The molecule has 234 valence electrons. The van der Waals surface area contributed by atoms with Crippen LogP contribution in [0, 0.1) is 0 Å². The molecule has 0 spiro atoms. The van der Waals surface area contributed by atoms with Crippen molar-refractivity contribution in [3.63, 3.8) is 0 Å².